The summed E-state index contributed by atoms with van der Waals surface area (Å²) in [6.45, 7) is 11.5. The lowest BCUT2D eigenvalue weighted by Gasteiger charge is -2.22. The third-order valence-electron chi connectivity index (χ3n) is 3.91. The highest BCUT2D eigenvalue weighted by Gasteiger charge is 2.21. The summed E-state index contributed by atoms with van der Waals surface area (Å²) in [5.74, 6) is -0.103. The Balaban J connectivity index is 2.41. The number of thioether (sulfide) groups is 1. The minimum atomic E-state index is -0.722. The summed E-state index contributed by atoms with van der Waals surface area (Å²) in [5.41, 5.74) is 7.00. The molecule has 0 aliphatic rings. The number of halogens is 1. The molecule has 176 valence electrons. The van der Waals surface area contributed by atoms with Crippen LogP contribution in [0.15, 0.2) is 29.2 Å². The number of anilines is 4. The summed E-state index contributed by atoms with van der Waals surface area (Å²) >= 11 is 1.62. The number of hydrogen-bond donors (Lipinski definition) is 3. The van der Waals surface area contributed by atoms with Crippen molar-refractivity contribution in [2.45, 2.75) is 56.8 Å². The number of amides is 1. The Morgan fingerprint density at radius 2 is 1.66 bits per heavy atom. The fourth-order valence-electron chi connectivity index (χ4n) is 2.79. The molecule has 0 aliphatic heterocycles. The molecule has 7 nitrogen and oxygen atoms in total. The van der Waals surface area contributed by atoms with E-state index in [2.05, 4.69) is 31.4 Å². The van der Waals surface area contributed by atoms with Crippen molar-refractivity contribution in [1.82, 2.24) is 0 Å². The Labute approximate surface area is 193 Å². The van der Waals surface area contributed by atoms with Crippen molar-refractivity contribution in [3.05, 3.63) is 30.1 Å². The molecular weight excluding hydrogens is 433 g/mol. The summed E-state index contributed by atoms with van der Waals surface area (Å²) in [7, 11) is 2.91. The number of carbonyl (C=O) groups excluding carboxylic acids is 1. The standard InChI is InChI=1S/C23H32FN3O4S/c1-22(2,3)31-21(28)27-17-10-13(9-14(24)20(17)30-8)26-16-12-19(32-23(4,5)6)18(29-7)11-15(16)25/h9-12,26H,25H2,1-8H3,(H,27,28). The van der Waals surface area contributed by atoms with E-state index >= 15 is 0 Å². The third kappa shape index (κ3) is 7.12. The Kier molecular flexibility index (Phi) is 7.77. The molecule has 9 heteroatoms. The van der Waals surface area contributed by atoms with Gasteiger partial charge in [0, 0.05) is 22.6 Å². The van der Waals surface area contributed by atoms with Gasteiger partial charge in [-0.05, 0) is 32.9 Å². The summed E-state index contributed by atoms with van der Waals surface area (Å²) in [6, 6.07) is 6.38. The number of nitrogens with one attached hydrogen (secondary N) is 2. The van der Waals surface area contributed by atoms with Gasteiger partial charge in [0.1, 0.15) is 11.4 Å². The first kappa shape index (κ1) is 25.5. The Morgan fingerprint density at radius 1 is 1.00 bits per heavy atom. The van der Waals surface area contributed by atoms with Crippen LogP contribution in [-0.4, -0.2) is 30.7 Å². The number of methoxy groups -OCH3 is 2. The average Bonchev–Trinajstić information content (AvgIpc) is 2.61. The van der Waals surface area contributed by atoms with Gasteiger partial charge in [-0.2, -0.15) is 0 Å². The highest BCUT2D eigenvalue weighted by molar-refractivity contribution is 8.00. The van der Waals surface area contributed by atoms with Crippen LogP contribution in [0.3, 0.4) is 0 Å². The van der Waals surface area contributed by atoms with Gasteiger partial charge in [-0.25, -0.2) is 9.18 Å². The number of ether oxygens (including phenoxy) is 3. The monoisotopic (exact) mass is 465 g/mol. The topological polar surface area (TPSA) is 94.8 Å². The molecule has 4 N–H and O–H groups in total. The molecule has 2 aromatic rings. The number of hydrogen-bond acceptors (Lipinski definition) is 7. The molecule has 0 saturated carbocycles. The molecule has 2 aromatic carbocycles. The van der Waals surface area contributed by atoms with Gasteiger partial charge in [-0.15, -0.1) is 11.8 Å². The van der Waals surface area contributed by atoms with E-state index in [0.29, 0.717) is 22.8 Å². The van der Waals surface area contributed by atoms with Gasteiger partial charge in [0.05, 0.1) is 36.2 Å². The summed E-state index contributed by atoms with van der Waals surface area (Å²) < 4.78 is 30.5. The van der Waals surface area contributed by atoms with Crippen LogP contribution in [0, 0.1) is 5.82 Å². The summed E-state index contributed by atoms with van der Waals surface area (Å²) in [6.07, 6.45) is -0.722. The zero-order valence-corrected chi connectivity index (χ0v) is 20.6. The maximum Gasteiger partial charge on any atom is 0.412 e. The van der Waals surface area contributed by atoms with Gasteiger partial charge < -0.3 is 25.3 Å². The van der Waals surface area contributed by atoms with E-state index in [-0.39, 0.29) is 16.2 Å². The van der Waals surface area contributed by atoms with Gasteiger partial charge >= 0.3 is 6.09 Å². The molecule has 1 amide bonds. The zero-order chi connectivity index (χ0) is 24.3. The van der Waals surface area contributed by atoms with Gasteiger partial charge in [-0.3, -0.25) is 5.32 Å². The number of rotatable bonds is 6. The van der Waals surface area contributed by atoms with Gasteiger partial charge in [-0.1, -0.05) is 20.8 Å². The maximum absolute atomic E-state index is 14.7. The SMILES string of the molecule is COc1cc(N)c(Nc2cc(F)c(OC)c(NC(=O)OC(C)(C)C)c2)cc1SC(C)(C)C. The van der Waals surface area contributed by atoms with E-state index in [1.807, 2.05) is 6.07 Å². The van der Waals surface area contributed by atoms with E-state index in [4.69, 9.17) is 19.9 Å². The van der Waals surface area contributed by atoms with Crippen LogP contribution in [0.2, 0.25) is 0 Å². The lowest BCUT2D eigenvalue weighted by Crippen LogP contribution is -2.27. The molecule has 0 fully saturated rings. The van der Waals surface area contributed by atoms with Crippen molar-refractivity contribution in [3.8, 4) is 11.5 Å². The fourth-order valence-corrected chi connectivity index (χ4v) is 3.87. The van der Waals surface area contributed by atoms with Gasteiger partial charge in [0.25, 0.3) is 0 Å². The fraction of sp³-hybridized carbons (Fsp3) is 0.435. The van der Waals surface area contributed by atoms with Crippen LogP contribution in [0.4, 0.5) is 31.9 Å². The molecule has 0 heterocycles. The minimum absolute atomic E-state index is 0.0581. The first-order chi connectivity index (χ1) is 14.7. The lowest BCUT2D eigenvalue weighted by atomic mass is 10.2. The molecule has 0 aromatic heterocycles. The van der Waals surface area contributed by atoms with E-state index in [0.717, 1.165) is 4.90 Å². The number of nitrogen functional groups attached to an aromatic ring is 1. The van der Waals surface area contributed by atoms with E-state index in [9.17, 15) is 9.18 Å². The molecular formula is C23H32FN3O4S. The summed E-state index contributed by atoms with van der Waals surface area (Å²) in [4.78, 5) is 13.1. The van der Waals surface area contributed by atoms with Crippen LogP contribution in [0.5, 0.6) is 11.5 Å². The van der Waals surface area contributed by atoms with Crippen molar-refractivity contribution in [1.29, 1.82) is 0 Å². The number of nitrogens with two attached hydrogens (primary N) is 1. The number of carbonyl (C=O) groups is 1. The Hall–Kier alpha value is -2.81. The van der Waals surface area contributed by atoms with Crippen molar-refractivity contribution >= 4 is 40.6 Å². The van der Waals surface area contributed by atoms with Crippen molar-refractivity contribution in [3.63, 3.8) is 0 Å². The molecule has 0 radical (unpaired) electrons. The second-order valence-electron chi connectivity index (χ2n) is 9.10. The lowest BCUT2D eigenvalue weighted by molar-refractivity contribution is 0.0635. The predicted molar refractivity (Wildman–Crippen MR) is 129 cm³/mol. The maximum atomic E-state index is 14.7. The van der Waals surface area contributed by atoms with Crippen molar-refractivity contribution in [2.24, 2.45) is 0 Å². The highest BCUT2D eigenvalue weighted by atomic mass is 32.2. The van der Waals surface area contributed by atoms with E-state index in [1.165, 1.54) is 13.2 Å². The van der Waals surface area contributed by atoms with Crippen LogP contribution < -0.4 is 25.8 Å². The average molecular weight is 466 g/mol. The van der Waals surface area contributed by atoms with Crippen LogP contribution in [0.25, 0.3) is 0 Å². The normalized spacial score (nSPS) is 11.7. The first-order valence-electron chi connectivity index (χ1n) is 10.0. The molecule has 0 bridgehead atoms. The second-order valence-corrected chi connectivity index (χ2v) is 11.0. The Morgan fingerprint density at radius 3 is 2.19 bits per heavy atom. The Bertz CT molecular complexity index is 985. The first-order valence-corrected chi connectivity index (χ1v) is 10.8. The molecule has 0 unspecified atom stereocenters. The van der Waals surface area contributed by atoms with Gasteiger partial charge in [0.15, 0.2) is 11.6 Å². The van der Waals surface area contributed by atoms with E-state index < -0.39 is 17.5 Å². The quantitative estimate of drug-likeness (QED) is 0.335. The third-order valence-corrected chi connectivity index (χ3v) is 5.07. The molecule has 2 rings (SSSR count). The summed E-state index contributed by atoms with van der Waals surface area (Å²) in [5, 5.41) is 5.66. The van der Waals surface area contributed by atoms with Crippen LogP contribution in [-0.2, 0) is 4.74 Å². The molecule has 0 spiro atoms. The molecule has 32 heavy (non-hydrogen) atoms. The smallest absolute Gasteiger partial charge is 0.412 e. The zero-order valence-electron chi connectivity index (χ0n) is 19.8. The molecule has 0 saturated heterocycles. The van der Waals surface area contributed by atoms with Crippen LogP contribution >= 0.6 is 11.8 Å². The van der Waals surface area contributed by atoms with Crippen LogP contribution in [0.1, 0.15) is 41.5 Å². The largest absolute Gasteiger partial charge is 0.496 e. The minimum Gasteiger partial charge on any atom is -0.496 e. The molecule has 0 aliphatic carbocycles. The highest BCUT2D eigenvalue weighted by Crippen LogP contribution is 2.42. The van der Waals surface area contributed by atoms with Gasteiger partial charge in [0.2, 0.25) is 0 Å². The predicted octanol–water partition coefficient (Wildman–Crippen LogP) is 6.41. The molecule has 0 atom stereocenters. The second kappa shape index (κ2) is 9.77. The van der Waals surface area contributed by atoms with Crippen molar-refractivity contribution < 1.29 is 23.4 Å². The number of benzene rings is 2. The van der Waals surface area contributed by atoms with E-state index in [1.54, 1.807) is 51.8 Å². The van der Waals surface area contributed by atoms with Crippen molar-refractivity contribution in [2.75, 3.05) is 30.6 Å².